The lowest BCUT2D eigenvalue weighted by molar-refractivity contribution is 0.0701. The van der Waals surface area contributed by atoms with E-state index in [-0.39, 0.29) is 4.88 Å². The van der Waals surface area contributed by atoms with E-state index in [2.05, 4.69) is 20.9 Å². The second-order valence-corrected chi connectivity index (χ2v) is 5.65. The number of benzene rings is 1. The molecule has 0 aliphatic heterocycles. The highest BCUT2D eigenvalue weighted by Crippen LogP contribution is 2.34. The van der Waals surface area contributed by atoms with E-state index in [0.29, 0.717) is 15.7 Å². The Bertz CT molecular complexity index is 597. The number of carboxylic acids is 1. The molecule has 0 saturated carbocycles. The molecule has 3 nitrogen and oxygen atoms in total. The topological polar surface area (TPSA) is 50.2 Å². The van der Waals surface area contributed by atoms with Crippen molar-refractivity contribution in [2.24, 2.45) is 0 Å². The molecule has 2 aromatic rings. The maximum Gasteiger partial charge on any atom is 0.347 e. The summed E-state index contributed by atoms with van der Waals surface area (Å²) >= 11 is 10.5. The molecule has 0 fully saturated rings. The van der Waals surface area contributed by atoms with Crippen molar-refractivity contribution in [1.29, 1.82) is 0 Å². The molecule has 88 valence electrons. The van der Waals surface area contributed by atoms with Crippen LogP contribution in [0.25, 0.3) is 10.6 Å². The molecule has 0 saturated heterocycles. The van der Waals surface area contributed by atoms with Gasteiger partial charge in [0.05, 0.1) is 5.69 Å². The van der Waals surface area contributed by atoms with E-state index in [0.717, 1.165) is 21.4 Å². The van der Waals surface area contributed by atoms with Gasteiger partial charge < -0.3 is 5.11 Å². The first kappa shape index (κ1) is 12.5. The number of halogens is 2. The minimum Gasteiger partial charge on any atom is -0.477 e. The zero-order valence-electron chi connectivity index (χ0n) is 8.70. The molecule has 1 heterocycles. The van der Waals surface area contributed by atoms with Crippen LogP contribution in [0.2, 0.25) is 5.02 Å². The van der Waals surface area contributed by atoms with E-state index in [1.807, 2.05) is 6.07 Å². The van der Waals surface area contributed by atoms with Gasteiger partial charge in [-0.1, -0.05) is 27.5 Å². The van der Waals surface area contributed by atoms with E-state index >= 15 is 0 Å². The Morgan fingerprint density at radius 2 is 2.24 bits per heavy atom. The van der Waals surface area contributed by atoms with E-state index in [1.165, 1.54) is 0 Å². The molecule has 2 rings (SSSR count). The van der Waals surface area contributed by atoms with E-state index in [9.17, 15) is 4.79 Å². The molecule has 1 aromatic heterocycles. The Kier molecular flexibility index (Phi) is 3.51. The SMILES string of the molecule is Cc1nc(-c2cc(Cl)ccc2Br)sc1C(=O)O. The molecule has 0 atom stereocenters. The number of aromatic nitrogens is 1. The van der Waals surface area contributed by atoms with Gasteiger partial charge in [0.25, 0.3) is 0 Å². The van der Waals surface area contributed by atoms with Gasteiger partial charge in [0.15, 0.2) is 0 Å². The minimum absolute atomic E-state index is 0.256. The van der Waals surface area contributed by atoms with Crippen LogP contribution in [0.15, 0.2) is 22.7 Å². The second kappa shape index (κ2) is 4.76. The Morgan fingerprint density at radius 1 is 1.53 bits per heavy atom. The first-order valence-corrected chi connectivity index (χ1v) is 6.64. The molecule has 0 amide bonds. The lowest BCUT2D eigenvalue weighted by Gasteiger charge is -2.00. The number of hydrogen-bond donors (Lipinski definition) is 1. The summed E-state index contributed by atoms with van der Waals surface area (Å²) in [4.78, 5) is 15.5. The molecular formula is C11H7BrClNO2S. The van der Waals surface area contributed by atoms with Crippen molar-refractivity contribution in [2.75, 3.05) is 0 Å². The van der Waals surface area contributed by atoms with Crippen molar-refractivity contribution >= 4 is 44.8 Å². The van der Waals surface area contributed by atoms with Crippen molar-refractivity contribution in [3.05, 3.63) is 38.3 Å². The van der Waals surface area contributed by atoms with Gasteiger partial charge in [0.2, 0.25) is 0 Å². The largest absolute Gasteiger partial charge is 0.477 e. The van der Waals surface area contributed by atoms with Crippen LogP contribution in [0.5, 0.6) is 0 Å². The maximum absolute atomic E-state index is 11.0. The van der Waals surface area contributed by atoms with Crippen LogP contribution in [0.4, 0.5) is 0 Å². The molecule has 6 heteroatoms. The summed E-state index contributed by atoms with van der Waals surface area (Å²) in [5, 5.41) is 10.2. The van der Waals surface area contributed by atoms with Crippen molar-refractivity contribution < 1.29 is 9.90 Å². The fraction of sp³-hybridized carbons (Fsp3) is 0.0909. The Labute approximate surface area is 115 Å². The third-order valence-electron chi connectivity index (χ3n) is 2.15. The number of carboxylic acid groups (broad SMARTS) is 1. The zero-order chi connectivity index (χ0) is 12.6. The normalized spacial score (nSPS) is 10.5. The third kappa shape index (κ3) is 2.51. The Morgan fingerprint density at radius 3 is 2.82 bits per heavy atom. The van der Waals surface area contributed by atoms with Crippen LogP contribution in [-0.2, 0) is 0 Å². The average Bonchev–Trinajstić information content (AvgIpc) is 2.64. The van der Waals surface area contributed by atoms with Gasteiger partial charge in [-0.15, -0.1) is 11.3 Å². The lowest BCUT2D eigenvalue weighted by atomic mass is 10.2. The number of aryl methyl sites for hydroxylation is 1. The van der Waals surface area contributed by atoms with Crippen LogP contribution in [-0.4, -0.2) is 16.1 Å². The van der Waals surface area contributed by atoms with Gasteiger partial charge in [-0.05, 0) is 25.1 Å². The van der Waals surface area contributed by atoms with E-state index in [1.54, 1.807) is 19.1 Å². The highest BCUT2D eigenvalue weighted by molar-refractivity contribution is 9.10. The molecule has 0 bridgehead atoms. The van der Waals surface area contributed by atoms with Gasteiger partial charge in [-0.2, -0.15) is 0 Å². The molecule has 0 aliphatic carbocycles. The van der Waals surface area contributed by atoms with Crippen LogP contribution in [0.3, 0.4) is 0 Å². The highest BCUT2D eigenvalue weighted by atomic mass is 79.9. The number of hydrogen-bond acceptors (Lipinski definition) is 3. The standard InChI is InChI=1S/C11H7BrClNO2S/c1-5-9(11(15)16)17-10(14-5)7-4-6(13)2-3-8(7)12/h2-4H,1H3,(H,15,16). The zero-order valence-corrected chi connectivity index (χ0v) is 11.9. The summed E-state index contributed by atoms with van der Waals surface area (Å²) in [6.07, 6.45) is 0. The number of carbonyl (C=O) groups is 1. The van der Waals surface area contributed by atoms with Crippen molar-refractivity contribution in [2.45, 2.75) is 6.92 Å². The molecule has 0 unspecified atom stereocenters. The quantitative estimate of drug-likeness (QED) is 0.895. The van der Waals surface area contributed by atoms with Gasteiger partial charge >= 0.3 is 5.97 Å². The molecule has 0 radical (unpaired) electrons. The lowest BCUT2D eigenvalue weighted by Crippen LogP contribution is -1.94. The Balaban J connectivity index is 2.57. The molecule has 1 N–H and O–H groups in total. The monoisotopic (exact) mass is 331 g/mol. The van der Waals surface area contributed by atoms with Crippen molar-refractivity contribution in [3.8, 4) is 10.6 Å². The number of rotatable bonds is 2. The van der Waals surface area contributed by atoms with Crippen LogP contribution in [0.1, 0.15) is 15.4 Å². The van der Waals surface area contributed by atoms with Crippen molar-refractivity contribution in [1.82, 2.24) is 4.98 Å². The number of aromatic carboxylic acids is 1. The predicted octanol–water partition coefficient (Wildman–Crippen LogP) is 4.23. The van der Waals surface area contributed by atoms with E-state index < -0.39 is 5.97 Å². The summed E-state index contributed by atoms with van der Waals surface area (Å²) in [6.45, 7) is 1.68. The molecular weight excluding hydrogens is 326 g/mol. The van der Waals surface area contributed by atoms with Crippen LogP contribution < -0.4 is 0 Å². The summed E-state index contributed by atoms with van der Waals surface area (Å²) in [6, 6.07) is 5.33. The smallest absolute Gasteiger partial charge is 0.347 e. The highest BCUT2D eigenvalue weighted by Gasteiger charge is 2.16. The number of thiazole rings is 1. The minimum atomic E-state index is -0.954. The molecule has 0 spiro atoms. The summed E-state index contributed by atoms with van der Waals surface area (Å²) in [5.41, 5.74) is 1.32. The fourth-order valence-electron chi connectivity index (χ4n) is 1.37. The van der Waals surface area contributed by atoms with Gasteiger partial charge in [-0.3, -0.25) is 0 Å². The number of nitrogens with zero attached hydrogens (tertiary/aromatic N) is 1. The van der Waals surface area contributed by atoms with Crippen LogP contribution in [0, 0.1) is 6.92 Å². The molecule has 0 aliphatic rings. The summed E-state index contributed by atoms with van der Waals surface area (Å²) in [7, 11) is 0. The molecule has 17 heavy (non-hydrogen) atoms. The van der Waals surface area contributed by atoms with Crippen molar-refractivity contribution in [3.63, 3.8) is 0 Å². The summed E-state index contributed by atoms with van der Waals surface area (Å²) < 4.78 is 0.840. The summed E-state index contributed by atoms with van der Waals surface area (Å²) in [5.74, 6) is -0.954. The van der Waals surface area contributed by atoms with Crippen LogP contribution >= 0.6 is 38.9 Å². The average molecular weight is 333 g/mol. The first-order valence-electron chi connectivity index (χ1n) is 4.65. The van der Waals surface area contributed by atoms with E-state index in [4.69, 9.17) is 16.7 Å². The van der Waals surface area contributed by atoms with Gasteiger partial charge in [0, 0.05) is 15.1 Å². The fourth-order valence-corrected chi connectivity index (χ4v) is 3.04. The van der Waals surface area contributed by atoms with Gasteiger partial charge in [0.1, 0.15) is 9.88 Å². The third-order valence-corrected chi connectivity index (χ3v) is 4.25. The predicted molar refractivity (Wildman–Crippen MR) is 72.0 cm³/mol. The Hall–Kier alpha value is -0.910. The van der Waals surface area contributed by atoms with Gasteiger partial charge in [-0.25, -0.2) is 9.78 Å². The molecule has 1 aromatic carbocycles. The first-order chi connectivity index (χ1) is 7.99. The second-order valence-electron chi connectivity index (χ2n) is 3.36. The maximum atomic E-state index is 11.0.